The molecule has 2 heterocycles. The largest absolute Gasteiger partial charge is 0.493 e. The minimum Gasteiger partial charge on any atom is -0.493 e. The lowest BCUT2D eigenvalue weighted by Crippen LogP contribution is -2.16. The van der Waals surface area contributed by atoms with Gasteiger partial charge >= 0.3 is 0 Å². The first-order valence-electron chi connectivity index (χ1n) is 7.87. The second-order valence-corrected chi connectivity index (χ2v) is 7.74. The summed E-state index contributed by atoms with van der Waals surface area (Å²) in [6.45, 7) is 8.04. The fraction of sp³-hybridized carbons (Fsp3) is 0.278. The summed E-state index contributed by atoms with van der Waals surface area (Å²) in [6.07, 6.45) is 1.77. The average Bonchev–Trinajstić information content (AvgIpc) is 3.13. The summed E-state index contributed by atoms with van der Waals surface area (Å²) in [5, 5.41) is 0.853. The smallest absolute Gasteiger partial charge is 0.291 e. The zero-order valence-electron chi connectivity index (χ0n) is 15.0. The third-order valence-electron chi connectivity index (χ3n) is 3.79. The zero-order valence-corrected chi connectivity index (χ0v) is 16.7. The summed E-state index contributed by atoms with van der Waals surface area (Å²) in [7, 11) is 3.19. The summed E-state index contributed by atoms with van der Waals surface area (Å²) in [6, 6.07) is 3.78. The van der Waals surface area contributed by atoms with Crippen molar-refractivity contribution >= 4 is 38.8 Å². The number of amides is 1. The number of carbonyl (C=O) groups excluding carboxylic acids is 1. The van der Waals surface area contributed by atoms with E-state index in [1.165, 1.54) is 22.7 Å². The second-order valence-electron chi connectivity index (χ2n) is 5.52. The second kappa shape index (κ2) is 7.43. The Balaban J connectivity index is 2.21. The standard InChI is InChI=1S/C18H19N3O3S2/c1-6-7-21-12-8-13(23-4)14(24-5)9-15(12)26-18(21)20-17(22)16-10(2)19-11(3)25-16/h6,8-9H,1,7H2,2-5H3. The summed E-state index contributed by atoms with van der Waals surface area (Å²) in [5.41, 5.74) is 1.62. The van der Waals surface area contributed by atoms with Crippen molar-refractivity contribution in [2.24, 2.45) is 4.99 Å². The number of fused-ring (bicyclic) bond motifs is 1. The molecule has 0 aliphatic heterocycles. The zero-order chi connectivity index (χ0) is 18.8. The summed E-state index contributed by atoms with van der Waals surface area (Å²) in [5.74, 6) is 0.984. The van der Waals surface area contributed by atoms with Crippen molar-refractivity contribution in [1.29, 1.82) is 0 Å². The fourth-order valence-corrected chi connectivity index (χ4v) is 4.51. The highest BCUT2D eigenvalue weighted by atomic mass is 32.1. The number of hydrogen-bond acceptors (Lipinski definition) is 6. The van der Waals surface area contributed by atoms with Crippen LogP contribution in [-0.4, -0.2) is 29.7 Å². The number of nitrogens with zero attached hydrogens (tertiary/aromatic N) is 3. The molecule has 3 aromatic rings. The Morgan fingerprint density at radius 1 is 1.27 bits per heavy atom. The van der Waals surface area contributed by atoms with Crippen LogP contribution in [0, 0.1) is 13.8 Å². The molecule has 0 aliphatic rings. The first-order chi connectivity index (χ1) is 12.5. The number of rotatable bonds is 5. The first kappa shape index (κ1) is 18.3. The van der Waals surface area contributed by atoms with Gasteiger partial charge < -0.3 is 14.0 Å². The van der Waals surface area contributed by atoms with Crippen LogP contribution in [0.2, 0.25) is 0 Å². The Hall–Kier alpha value is -2.45. The number of ether oxygens (including phenoxy) is 2. The predicted molar refractivity (Wildman–Crippen MR) is 105 cm³/mol. The SMILES string of the molecule is C=CCn1c(=NC(=O)c2sc(C)nc2C)sc2cc(OC)c(OC)cc21. The van der Waals surface area contributed by atoms with Gasteiger partial charge in [0, 0.05) is 18.7 Å². The number of carbonyl (C=O) groups is 1. The highest BCUT2D eigenvalue weighted by Gasteiger charge is 2.16. The van der Waals surface area contributed by atoms with E-state index in [-0.39, 0.29) is 5.91 Å². The van der Waals surface area contributed by atoms with Crippen molar-refractivity contribution in [3.63, 3.8) is 0 Å². The average molecular weight is 390 g/mol. The first-order valence-corrected chi connectivity index (χ1v) is 9.51. The van der Waals surface area contributed by atoms with E-state index in [0.29, 0.717) is 33.4 Å². The van der Waals surface area contributed by atoms with Crippen LogP contribution in [0.5, 0.6) is 11.5 Å². The molecule has 26 heavy (non-hydrogen) atoms. The molecular formula is C18H19N3O3S2. The number of thiazole rings is 2. The van der Waals surface area contributed by atoms with E-state index < -0.39 is 0 Å². The highest BCUT2D eigenvalue weighted by molar-refractivity contribution is 7.16. The van der Waals surface area contributed by atoms with Gasteiger partial charge in [0.25, 0.3) is 5.91 Å². The van der Waals surface area contributed by atoms with E-state index in [9.17, 15) is 4.79 Å². The number of methoxy groups -OCH3 is 2. The van der Waals surface area contributed by atoms with Gasteiger partial charge in [-0.1, -0.05) is 17.4 Å². The van der Waals surface area contributed by atoms with Gasteiger partial charge in [0.15, 0.2) is 16.3 Å². The number of benzene rings is 1. The van der Waals surface area contributed by atoms with Crippen LogP contribution in [0.25, 0.3) is 10.2 Å². The molecule has 0 atom stereocenters. The molecule has 0 saturated heterocycles. The molecule has 8 heteroatoms. The van der Waals surface area contributed by atoms with Crippen LogP contribution in [-0.2, 0) is 6.54 Å². The normalized spacial score (nSPS) is 11.8. The molecule has 0 spiro atoms. The molecule has 0 N–H and O–H groups in total. The molecule has 0 fully saturated rings. The minimum atomic E-state index is -0.281. The Morgan fingerprint density at radius 3 is 2.54 bits per heavy atom. The van der Waals surface area contributed by atoms with Crippen LogP contribution in [0.3, 0.4) is 0 Å². The van der Waals surface area contributed by atoms with Gasteiger partial charge in [-0.3, -0.25) is 4.79 Å². The quantitative estimate of drug-likeness (QED) is 0.624. The van der Waals surface area contributed by atoms with E-state index in [4.69, 9.17) is 9.47 Å². The fourth-order valence-electron chi connectivity index (χ4n) is 2.65. The van der Waals surface area contributed by atoms with Gasteiger partial charge in [-0.05, 0) is 13.8 Å². The van der Waals surface area contributed by atoms with Gasteiger partial charge in [-0.15, -0.1) is 17.9 Å². The molecule has 2 aromatic heterocycles. The Labute approximate surface area is 159 Å². The Morgan fingerprint density at radius 2 is 1.96 bits per heavy atom. The maximum absolute atomic E-state index is 12.6. The molecule has 0 unspecified atom stereocenters. The molecule has 6 nitrogen and oxygen atoms in total. The molecule has 0 aliphatic carbocycles. The number of allylic oxidation sites excluding steroid dienone is 1. The number of aromatic nitrogens is 2. The van der Waals surface area contributed by atoms with Crippen molar-refractivity contribution in [1.82, 2.24) is 9.55 Å². The number of hydrogen-bond donors (Lipinski definition) is 0. The van der Waals surface area contributed by atoms with E-state index in [1.807, 2.05) is 30.5 Å². The third kappa shape index (κ3) is 3.30. The molecule has 3 rings (SSSR count). The maximum Gasteiger partial charge on any atom is 0.291 e. The predicted octanol–water partition coefficient (Wildman–Crippen LogP) is 3.72. The van der Waals surface area contributed by atoms with Crippen LogP contribution in [0.1, 0.15) is 20.4 Å². The van der Waals surface area contributed by atoms with Gasteiger partial charge in [-0.2, -0.15) is 4.99 Å². The van der Waals surface area contributed by atoms with E-state index >= 15 is 0 Å². The van der Waals surface area contributed by atoms with E-state index in [0.717, 1.165) is 15.2 Å². The van der Waals surface area contributed by atoms with Gasteiger partial charge in [-0.25, -0.2) is 4.98 Å². The summed E-state index contributed by atoms with van der Waals surface area (Å²) in [4.78, 5) is 22.5. The molecule has 0 radical (unpaired) electrons. The lowest BCUT2D eigenvalue weighted by molar-refractivity contribution is 0.100. The molecule has 1 aromatic carbocycles. The number of aryl methyl sites for hydroxylation is 2. The van der Waals surface area contributed by atoms with Crippen LogP contribution in [0.4, 0.5) is 0 Å². The van der Waals surface area contributed by atoms with E-state index in [1.54, 1.807) is 20.3 Å². The molecule has 0 saturated carbocycles. The van der Waals surface area contributed by atoms with Gasteiger partial charge in [0.05, 0.1) is 35.1 Å². The lowest BCUT2D eigenvalue weighted by atomic mass is 10.3. The van der Waals surface area contributed by atoms with Crippen molar-refractivity contribution in [2.75, 3.05) is 14.2 Å². The van der Waals surface area contributed by atoms with E-state index in [2.05, 4.69) is 16.6 Å². The summed E-state index contributed by atoms with van der Waals surface area (Å²) < 4.78 is 13.7. The maximum atomic E-state index is 12.6. The van der Waals surface area contributed by atoms with Crippen LogP contribution >= 0.6 is 22.7 Å². The van der Waals surface area contributed by atoms with Crippen molar-refractivity contribution < 1.29 is 14.3 Å². The monoisotopic (exact) mass is 389 g/mol. The topological polar surface area (TPSA) is 65.7 Å². The molecular weight excluding hydrogens is 370 g/mol. The van der Waals surface area contributed by atoms with Crippen molar-refractivity contribution in [2.45, 2.75) is 20.4 Å². The van der Waals surface area contributed by atoms with Gasteiger partial charge in [0.2, 0.25) is 0 Å². The third-order valence-corrected chi connectivity index (χ3v) is 5.90. The lowest BCUT2D eigenvalue weighted by Gasteiger charge is -2.08. The minimum absolute atomic E-state index is 0.281. The van der Waals surface area contributed by atoms with Crippen LogP contribution < -0.4 is 14.3 Å². The van der Waals surface area contributed by atoms with Gasteiger partial charge in [0.1, 0.15) is 4.88 Å². The highest BCUT2D eigenvalue weighted by Crippen LogP contribution is 2.33. The van der Waals surface area contributed by atoms with Crippen molar-refractivity contribution in [3.05, 3.63) is 45.2 Å². The van der Waals surface area contributed by atoms with Crippen LogP contribution in [0.15, 0.2) is 29.8 Å². The Kier molecular flexibility index (Phi) is 5.24. The summed E-state index contributed by atoms with van der Waals surface area (Å²) >= 11 is 2.79. The molecule has 1 amide bonds. The Bertz CT molecular complexity index is 1060. The molecule has 0 bridgehead atoms. The van der Waals surface area contributed by atoms with Crippen molar-refractivity contribution in [3.8, 4) is 11.5 Å². The molecule has 136 valence electrons.